The lowest BCUT2D eigenvalue weighted by Crippen LogP contribution is -2.49. The number of hydrogen-bond donors (Lipinski definition) is 1. The minimum Gasteiger partial charge on any atom is -0.394 e. The van der Waals surface area contributed by atoms with Crippen molar-refractivity contribution in [3.8, 4) is 0 Å². The number of aliphatic hydroxyl groups is 1. The summed E-state index contributed by atoms with van der Waals surface area (Å²) in [5, 5.41) is 9.40. The van der Waals surface area contributed by atoms with Crippen LogP contribution in [0.5, 0.6) is 0 Å². The first-order valence-electron chi connectivity index (χ1n) is 8.52. The van der Waals surface area contributed by atoms with E-state index in [0.717, 1.165) is 13.1 Å². The second-order valence-electron chi connectivity index (χ2n) is 7.05. The number of likely N-dealkylation sites (N-methyl/N-ethyl adjacent to an activating group) is 1. The molecule has 0 radical (unpaired) electrons. The number of rotatable bonds is 6. The van der Waals surface area contributed by atoms with Gasteiger partial charge < -0.3 is 24.0 Å². The number of nitrogens with zero attached hydrogens (tertiary/aromatic N) is 3. The van der Waals surface area contributed by atoms with Crippen LogP contribution in [0.25, 0.3) is 0 Å². The fraction of sp³-hybridized carbons (Fsp3) is 1.00. The molecule has 142 valence electrons. The number of morpholine rings is 2. The first-order chi connectivity index (χ1) is 11.2. The topological polar surface area (TPSA) is 74.7 Å². The first kappa shape index (κ1) is 20.3. The molecule has 2 rings (SSSR count). The first-order valence-corrected chi connectivity index (χ1v) is 10.1. The van der Waals surface area contributed by atoms with E-state index in [1.54, 1.807) is 23.4 Å². The average molecular weight is 365 g/mol. The predicted molar refractivity (Wildman–Crippen MR) is 92.1 cm³/mol. The standard InChI is InChI=1S/C15H32N3O5P/c1-12-6-17(5)8-15(23-12)11-21-24(20,16(3)4)18-7-13(2)22-14(9-18)10-19/h12-15,19H,6-11H2,1-5H3. The van der Waals surface area contributed by atoms with Crippen molar-refractivity contribution in [3.63, 3.8) is 0 Å². The highest BCUT2D eigenvalue weighted by molar-refractivity contribution is 7.53. The van der Waals surface area contributed by atoms with E-state index in [4.69, 9.17) is 14.0 Å². The van der Waals surface area contributed by atoms with Gasteiger partial charge in [0.15, 0.2) is 0 Å². The Morgan fingerprint density at radius 2 is 1.75 bits per heavy atom. The molecule has 5 atom stereocenters. The van der Waals surface area contributed by atoms with Crippen molar-refractivity contribution in [1.82, 2.24) is 14.2 Å². The summed E-state index contributed by atoms with van der Waals surface area (Å²) in [6.45, 7) is 6.67. The molecule has 2 heterocycles. The van der Waals surface area contributed by atoms with E-state index in [2.05, 4.69) is 4.90 Å². The molecule has 0 saturated carbocycles. The molecule has 2 aliphatic heterocycles. The minimum atomic E-state index is -3.18. The van der Waals surface area contributed by atoms with Crippen LogP contribution in [-0.2, 0) is 18.6 Å². The highest BCUT2D eigenvalue weighted by Crippen LogP contribution is 2.53. The lowest BCUT2D eigenvalue weighted by molar-refractivity contribution is -0.0930. The lowest BCUT2D eigenvalue weighted by Gasteiger charge is -2.42. The van der Waals surface area contributed by atoms with E-state index < -0.39 is 7.67 Å². The van der Waals surface area contributed by atoms with Crippen molar-refractivity contribution in [2.24, 2.45) is 0 Å². The van der Waals surface area contributed by atoms with Crippen molar-refractivity contribution in [1.29, 1.82) is 0 Å². The molecule has 9 heteroatoms. The fourth-order valence-electron chi connectivity index (χ4n) is 3.33. The molecule has 2 aliphatic rings. The largest absolute Gasteiger partial charge is 0.394 e. The zero-order chi connectivity index (χ0) is 17.9. The average Bonchev–Trinajstić information content (AvgIpc) is 2.50. The van der Waals surface area contributed by atoms with Gasteiger partial charge in [-0.3, -0.25) is 4.57 Å². The highest BCUT2D eigenvalue weighted by Gasteiger charge is 2.41. The third-order valence-corrected chi connectivity index (χ3v) is 6.85. The van der Waals surface area contributed by atoms with Crippen LogP contribution in [0.15, 0.2) is 0 Å². The number of aliphatic hydroxyl groups excluding tert-OH is 1. The van der Waals surface area contributed by atoms with Crippen molar-refractivity contribution in [2.75, 3.05) is 60.5 Å². The van der Waals surface area contributed by atoms with E-state index in [1.165, 1.54) is 0 Å². The molecule has 0 aromatic rings. The van der Waals surface area contributed by atoms with Crippen LogP contribution in [-0.4, -0.2) is 104 Å². The van der Waals surface area contributed by atoms with E-state index in [1.807, 2.05) is 20.9 Å². The van der Waals surface area contributed by atoms with E-state index in [9.17, 15) is 9.67 Å². The quantitative estimate of drug-likeness (QED) is 0.681. The summed E-state index contributed by atoms with van der Waals surface area (Å²) in [5.74, 6) is 0. The van der Waals surface area contributed by atoms with Gasteiger partial charge in [0.05, 0.1) is 37.6 Å². The van der Waals surface area contributed by atoms with Gasteiger partial charge in [-0.2, -0.15) is 0 Å². The summed E-state index contributed by atoms with van der Waals surface area (Å²) in [7, 11) is 2.38. The summed E-state index contributed by atoms with van der Waals surface area (Å²) < 4.78 is 34.4. The van der Waals surface area contributed by atoms with Crippen LogP contribution in [0, 0.1) is 0 Å². The van der Waals surface area contributed by atoms with Gasteiger partial charge in [0.2, 0.25) is 0 Å². The molecular weight excluding hydrogens is 333 g/mol. The van der Waals surface area contributed by atoms with Crippen LogP contribution in [0.4, 0.5) is 0 Å². The van der Waals surface area contributed by atoms with Crippen LogP contribution in [0.1, 0.15) is 13.8 Å². The maximum absolute atomic E-state index is 13.5. The Labute approximate surface area is 145 Å². The monoisotopic (exact) mass is 365 g/mol. The minimum absolute atomic E-state index is 0.0949. The van der Waals surface area contributed by atoms with Gasteiger partial charge in [-0.15, -0.1) is 0 Å². The smallest absolute Gasteiger partial charge is 0.345 e. The van der Waals surface area contributed by atoms with Gasteiger partial charge in [-0.1, -0.05) is 0 Å². The van der Waals surface area contributed by atoms with Crippen LogP contribution in [0.2, 0.25) is 0 Å². The van der Waals surface area contributed by atoms with Gasteiger partial charge >= 0.3 is 7.67 Å². The molecule has 2 saturated heterocycles. The van der Waals surface area contributed by atoms with E-state index in [-0.39, 0.29) is 37.6 Å². The Bertz CT molecular complexity index is 443. The summed E-state index contributed by atoms with van der Waals surface area (Å²) in [6.07, 6.45) is -0.412. The number of hydrogen-bond acceptors (Lipinski definition) is 6. The molecule has 0 spiro atoms. The van der Waals surface area contributed by atoms with Gasteiger partial charge in [-0.25, -0.2) is 9.34 Å². The summed E-state index contributed by atoms with van der Waals surface area (Å²) in [5.41, 5.74) is 0. The second-order valence-corrected chi connectivity index (χ2v) is 9.65. The molecule has 1 N–H and O–H groups in total. The SMILES string of the molecule is CC1CN(C)CC(COP(=O)(N(C)C)N2CC(C)OC(CO)C2)O1. The summed E-state index contributed by atoms with van der Waals surface area (Å²) in [6, 6.07) is 0. The Hall–Kier alpha value is -0.0500. The lowest BCUT2D eigenvalue weighted by atomic mass is 10.2. The fourth-order valence-corrected chi connectivity index (χ4v) is 5.41. The molecule has 5 unspecified atom stereocenters. The Balaban J connectivity index is 2.03. The highest BCUT2D eigenvalue weighted by atomic mass is 31.2. The van der Waals surface area contributed by atoms with E-state index in [0.29, 0.717) is 13.1 Å². The molecular formula is C15H32N3O5P. The molecule has 0 aliphatic carbocycles. The van der Waals surface area contributed by atoms with Crippen LogP contribution in [0.3, 0.4) is 0 Å². The zero-order valence-corrected chi connectivity index (χ0v) is 16.3. The Morgan fingerprint density at radius 3 is 2.33 bits per heavy atom. The number of ether oxygens (including phenoxy) is 2. The zero-order valence-electron chi connectivity index (χ0n) is 15.4. The molecule has 0 amide bonds. The van der Waals surface area contributed by atoms with Crippen molar-refractivity contribution >= 4 is 7.67 Å². The Morgan fingerprint density at radius 1 is 1.12 bits per heavy atom. The molecule has 0 aromatic heterocycles. The maximum Gasteiger partial charge on any atom is 0.345 e. The van der Waals surface area contributed by atoms with Gasteiger partial charge in [-0.05, 0) is 35.0 Å². The van der Waals surface area contributed by atoms with Gasteiger partial charge in [0.25, 0.3) is 0 Å². The summed E-state index contributed by atoms with van der Waals surface area (Å²) >= 11 is 0. The second kappa shape index (κ2) is 8.56. The molecule has 8 nitrogen and oxygen atoms in total. The van der Waals surface area contributed by atoms with Crippen molar-refractivity contribution < 1.29 is 23.7 Å². The molecule has 2 fully saturated rings. The Kier molecular flexibility index (Phi) is 7.22. The van der Waals surface area contributed by atoms with Crippen molar-refractivity contribution in [2.45, 2.75) is 38.3 Å². The third-order valence-electron chi connectivity index (χ3n) is 4.31. The maximum atomic E-state index is 13.5. The van der Waals surface area contributed by atoms with E-state index >= 15 is 0 Å². The molecule has 0 bridgehead atoms. The van der Waals surface area contributed by atoms with Gasteiger partial charge in [0.1, 0.15) is 0 Å². The molecule has 0 aromatic carbocycles. The summed E-state index contributed by atoms with van der Waals surface area (Å²) in [4.78, 5) is 2.20. The predicted octanol–water partition coefficient (Wildman–Crippen LogP) is 0.473. The molecule has 24 heavy (non-hydrogen) atoms. The normalized spacial score (nSPS) is 36.0. The van der Waals surface area contributed by atoms with Crippen molar-refractivity contribution in [3.05, 3.63) is 0 Å². The third kappa shape index (κ3) is 4.99. The van der Waals surface area contributed by atoms with Crippen LogP contribution >= 0.6 is 7.67 Å². The van der Waals surface area contributed by atoms with Crippen LogP contribution < -0.4 is 0 Å². The van der Waals surface area contributed by atoms with Gasteiger partial charge in [0, 0.05) is 26.2 Å².